The lowest BCUT2D eigenvalue weighted by Crippen LogP contribution is -2.17. The van der Waals surface area contributed by atoms with Gasteiger partial charge in [0, 0.05) is 11.1 Å². The zero-order valence-electron chi connectivity index (χ0n) is 17.5. The molecular formula is C20H28N2O8. The Bertz CT molecular complexity index is 672. The highest BCUT2D eigenvalue weighted by Gasteiger charge is 2.09. The van der Waals surface area contributed by atoms with Crippen molar-refractivity contribution in [2.45, 2.75) is 27.7 Å². The number of carboxylic acids is 2. The molecule has 0 aromatic heterocycles. The van der Waals surface area contributed by atoms with Crippen molar-refractivity contribution in [1.29, 1.82) is 0 Å². The molecule has 10 nitrogen and oxygen atoms in total. The fourth-order valence-corrected chi connectivity index (χ4v) is 1.26. The number of carbonyl (C=O) groups is 4. The normalized spacial score (nSPS) is 8.67. The first-order valence-electron chi connectivity index (χ1n) is 8.70. The van der Waals surface area contributed by atoms with Gasteiger partial charge < -0.3 is 19.7 Å². The van der Waals surface area contributed by atoms with Crippen LogP contribution in [-0.4, -0.2) is 47.6 Å². The highest BCUT2D eigenvalue weighted by Crippen LogP contribution is 2.21. The zero-order chi connectivity index (χ0) is 23.7. The van der Waals surface area contributed by atoms with E-state index in [4.69, 9.17) is 19.7 Å². The maximum Gasteiger partial charge on any atom is 0.411 e. The molecule has 0 fully saturated rings. The number of rotatable bonds is 6. The number of hydrogen-bond donors (Lipinski definition) is 4. The highest BCUT2D eigenvalue weighted by molar-refractivity contribution is 5.95. The summed E-state index contributed by atoms with van der Waals surface area (Å²) in [4.78, 5) is 41.8. The molecule has 166 valence electrons. The number of ether oxygens (including phenoxy) is 2. The molecule has 1 rings (SSSR count). The van der Waals surface area contributed by atoms with Crippen molar-refractivity contribution < 1.29 is 38.9 Å². The lowest BCUT2D eigenvalue weighted by molar-refractivity contribution is -0.133. The van der Waals surface area contributed by atoms with E-state index in [1.807, 2.05) is 0 Å². The van der Waals surface area contributed by atoms with E-state index < -0.39 is 24.1 Å². The van der Waals surface area contributed by atoms with Crippen LogP contribution in [-0.2, 0) is 19.1 Å². The summed E-state index contributed by atoms with van der Waals surface area (Å²) in [6.45, 7) is 13.2. The first-order valence-corrected chi connectivity index (χ1v) is 8.70. The molecule has 1 aromatic carbocycles. The third-order valence-corrected chi connectivity index (χ3v) is 2.68. The minimum Gasteiger partial charge on any atom is -0.478 e. The molecule has 1 aromatic rings. The van der Waals surface area contributed by atoms with Crippen molar-refractivity contribution in [1.82, 2.24) is 0 Å². The van der Waals surface area contributed by atoms with E-state index in [0.717, 1.165) is 0 Å². The summed E-state index contributed by atoms with van der Waals surface area (Å²) in [5.74, 6) is -1.87. The molecule has 30 heavy (non-hydrogen) atoms. The second-order valence-corrected chi connectivity index (χ2v) is 5.41. The maximum atomic E-state index is 11.3. The summed E-state index contributed by atoms with van der Waals surface area (Å²) in [5, 5.41) is 20.8. The van der Waals surface area contributed by atoms with Crippen LogP contribution < -0.4 is 10.6 Å². The Balaban J connectivity index is 0. The smallest absolute Gasteiger partial charge is 0.411 e. The first-order chi connectivity index (χ1) is 14.0. The fraction of sp³-hybridized carbons (Fsp3) is 0.300. The van der Waals surface area contributed by atoms with Crippen molar-refractivity contribution >= 4 is 35.5 Å². The summed E-state index contributed by atoms with van der Waals surface area (Å²) in [6.07, 6.45) is -1.15. The number of para-hydroxylation sites is 2. The molecule has 0 unspecified atom stereocenters. The van der Waals surface area contributed by atoms with Crippen LogP contribution in [0, 0.1) is 0 Å². The van der Waals surface area contributed by atoms with Gasteiger partial charge in [-0.2, -0.15) is 0 Å². The lowest BCUT2D eigenvalue weighted by Gasteiger charge is -2.11. The molecule has 0 saturated carbocycles. The quantitative estimate of drug-likeness (QED) is 0.498. The topological polar surface area (TPSA) is 151 Å². The molecular weight excluding hydrogens is 396 g/mol. The van der Waals surface area contributed by atoms with Gasteiger partial charge in [0.2, 0.25) is 0 Å². The molecule has 0 atom stereocenters. The van der Waals surface area contributed by atoms with E-state index in [9.17, 15) is 19.2 Å². The summed E-state index contributed by atoms with van der Waals surface area (Å²) in [5.41, 5.74) is 1.25. The van der Waals surface area contributed by atoms with E-state index in [1.54, 1.807) is 38.1 Å². The third-order valence-electron chi connectivity index (χ3n) is 2.68. The van der Waals surface area contributed by atoms with E-state index >= 15 is 0 Å². The maximum absolute atomic E-state index is 11.3. The van der Waals surface area contributed by atoms with Gasteiger partial charge in [0.25, 0.3) is 0 Å². The first kappa shape index (κ1) is 28.4. The number of anilines is 2. The minimum atomic E-state index is -0.935. The molecule has 0 saturated heterocycles. The Hall–Kier alpha value is -3.82. The SMILES string of the molecule is C=C(C)C(=O)O.C=C(C)C(=O)O.CCOC(=O)Nc1ccccc1NC(=O)OCC. The van der Waals surface area contributed by atoms with Gasteiger partial charge in [-0.15, -0.1) is 0 Å². The Labute approximate surface area is 175 Å². The molecule has 0 aliphatic rings. The van der Waals surface area contributed by atoms with Crippen LogP contribution in [0.2, 0.25) is 0 Å². The second-order valence-electron chi connectivity index (χ2n) is 5.41. The van der Waals surface area contributed by atoms with E-state index in [1.165, 1.54) is 13.8 Å². The molecule has 0 spiro atoms. The number of hydrogen-bond acceptors (Lipinski definition) is 6. The number of carboxylic acid groups (broad SMARTS) is 2. The molecule has 10 heteroatoms. The summed E-state index contributed by atoms with van der Waals surface area (Å²) in [6, 6.07) is 6.77. The number of aliphatic carboxylic acids is 2. The van der Waals surface area contributed by atoms with Gasteiger partial charge in [-0.1, -0.05) is 25.3 Å². The van der Waals surface area contributed by atoms with Crippen LogP contribution in [0.5, 0.6) is 0 Å². The van der Waals surface area contributed by atoms with Gasteiger partial charge in [-0.25, -0.2) is 19.2 Å². The largest absolute Gasteiger partial charge is 0.478 e. The zero-order valence-corrected chi connectivity index (χ0v) is 17.5. The average Bonchev–Trinajstić information content (AvgIpc) is 2.64. The molecule has 0 aliphatic carbocycles. The van der Waals surface area contributed by atoms with Crippen molar-refractivity contribution in [2.75, 3.05) is 23.8 Å². The van der Waals surface area contributed by atoms with Crippen LogP contribution >= 0.6 is 0 Å². The Morgan fingerprint density at radius 3 is 1.27 bits per heavy atom. The van der Waals surface area contributed by atoms with Gasteiger partial charge in [0.05, 0.1) is 24.6 Å². The monoisotopic (exact) mass is 424 g/mol. The Morgan fingerprint density at radius 1 is 0.800 bits per heavy atom. The van der Waals surface area contributed by atoms with Crippen molar-refractivity contribution in [3.8, 4) is 0 Å². The molecule has 4 N–H and O–H groups in total. The van der Waals surface area contributed by atoms with Gasteiger partial charge in [0.1, 0.15) is 0 Å². The van der Waals surface area contributed by atoms with Gasteiger partial charge in [0.15, 0.2) is 0 Å². The van der Waals surface area contributed by atoms with Gasteiger partial charge >= 0.3 is 24.1 Å². The van der Waals surface area contributed by atoms with E-state index in [0.29, 0.717) is 11.4 Å². The number of nitrogens with one attached hydrogen (secondary N) is 2. The molecule has 0 heterocycles. The highest BCUT2D eigenvalue weighted by atomic mass is 16.6. The predicted octanol–water partition coefficient (Wildman–Crippen LogP) is 4.12. The summed E-state index contributed by atoms with van der Waals surface area (Å²) >= 11 is 0. The van der Waals surface area contributed by atoms with Crippen LogP contribution in [0.25, 0.3) is 0 Å². The second kappa shape index (κ2) is 16.2. The minimum absolute atomic E-state index is 0.176. The average molecular weight is 424 g/mol. The van der Waals surface area contributed by atoms with E-state index in [2.05, 4.69) is 23.8 Å². The van der Waals surface area contributed by atoms with Crippen LogP contribution in [0.3, 0.4) is 0 Å². The van der Waals surface area contributed by atoms with Crippen molar-refractivity contribution in [3.05, 3.63) is 48.6 Å². The van der Waals surface area contributed by atoms with Crippen molar-refractivity contribution in [2.24, 2.45) is 0 Å². The van der Waals surface area contributed by atoms with Crippen LogP contribution in [0.1, 0.15) is 27.7 Å². The molecule has 0 aliphatic heterocycles. The predicted molar refractivity (Wildman–Crippen MR) is 113 cm³/mol. The summed E-state index contributed by atoms with van der Waals surface area (Å²) < 4.78 is 9.52. The van der Waals surface area contributed by atoms with Crippen LogP contribution in [0.4, 0.5) is 21.0 Å². The van der Waals surface area contributed by atoms with E-state index in [-0.39, 0.29) is 24.4 Å². The number of carbonyl (C=O) groups excluding carboxylic acids is 2. The molecule has 0 radical (unpaired) electrons. The Morgan fingerprint density at radius 2 is 1.07 bits per heavy atom. The standard InChI is InChI=1S/C12H16N2O4.2C4H6O2/c1-3-17-11(15)13-9-7-5-6-8-10(9)14-12(16)18-4-2;2*1-3(2)4(5)6/h5-8H,3-4H2,1-2H3,(H,13,15)(H,14,16);2*1H2,2H3,(H,5,6). The van der Waals surface area contributed by atoms with Crippen LogP contribution in [0.15, 0.2) is 48.6 Å². The van der Waals surface area contributed by atoms with Crippen molar-refractivity contribution in [3.63, 3.8) is 0 Å². The summed E-state index contributed by atoms with van der Waals surface area (Å²) in [7, 11) is 0. The third kappa shape index (κ3) is 15.3. The van der Waals surface area contributed by atoms with Gasteiger partial charge in [-0.3, -0.25) is 10.6 Å². The Kier molecular flexibility index (Phi) is 15.3. The molecule has 2 amide bonds. The number of benzene rings is 1. The molecule has 0 bridgehead atoms. The lowest BCUT2D eigenvalue weighted by atomic mass is 10.2. The fourth-order valence-electron chi connectivity index (χ4n) is 1.26. The van der Waals surface area contributed by atoms with Gasteiger partial charge in [-0.05, 0) is 39.8 Å². The number of amides is 2.